The average Bonchev–Trinajstić information content (AvgIpc) is 3.11. The number of primary amides is 1. The third-order valence-corrected chi connectivity index (χ3v) is 5.19. The smallest absolute Gasteiger partial charge is 0.254 e. The molecule has 1 aromatic heterocycles. The van der Waals surface area contributed by atoms with Crippen LogP contribution in [0.3, 0.4) is 0 Å². The Balaban J connectivity index is 1.53. The van der Waals surface area contributed by atoms with Gasteiger partial charge in [0.1, 0.15) is 29.6 Å². The highest BCUT2D eigenvalue weighted by Gasteiger charge is 2.41. The highest BCUT2D eigenvalue weighted by molar-refractivity contribution is 5.97. The summed E-state index contributed by atoms with van der Waals surface area (Å²) in [6, 6.07) is 10.8. The molecule has 0 bridgehead atoms. The van der Waals surface area contributed by atoms with Crippen LogP contribution in [0.1, 0.15) is 22.6 Å². The molecule has 1 saturated heterocycles. The quantitative estimate of drug-likeness (QED) is 0.628. The molecule has 2 heterocycles. The molecule has 4 rings (SSSR count). The Hall–Kier alpha value is -3.46. The number of aromatic amines is 1. The molecule has 0 saturated carbocycles. The fraction of sp³-hybridized carbons (Fsp3) is 0.318. The van der Waals surface area contributed by atoms with Crippen molar-refractivity contribution in [2.24, 2.45) is 5.73 Å². The standard InChI is InChI=1S/C22H23FN4O4/c1-14-25-18-7-2-15(10-19(18)26-14)21(29)27-8-9-31-22(12-27,11-20(24)28)13-30-17-5-3-16(23)4-6-17/h2-7,10H,8-9,11-13H2,1H3,(H2,24,28)(H,25,26)/t22-/m1/s1. The monoisotopic (exact) mass is 426 g/mol. The predicted molar refractivity (Wildman–Crippen MR) is 111 cm³/mol. The van der Waals surface area contributed by atoms with E-state index in [-0.39, 0.29) is 37.9 Å². The van der Waals surface area contributed by atoms with Crippen LogP contribution in [0.5, 0.6) is 5.75 Å². The van der Waals surface area contributed by atoms with Gasteiger partial charge < -0.3 is 25.1 Å². The van der Waals surface area contributed by atoms with Crippen LogP contribution in [0.15, 0.2) is 42.5 Å². The topological polar surface area (TPSA) is 111 Å². The first kappa shape index (κ1) is 20.8. The number of nitrogens with zero attached hydrogens (tertiary/aromatic N) is 2. The van der Waals surface area contributed by atoms with E-state index in [1.54, 1.807) is 23.1 Å². The lowest BCUT2D eigenvalue weighted by Gasteiger charge is -2.42. The molecule has 2 aromatic carbocycles. The van der Waals surface area contributed by atoms with Crippen molar-refractivity contribution >= 4 is 22.8 Å². The van der Waals surface area contributed by atoms with Crippen LogP contribution in [0.25, 0.3) is 11.0 Å². The second-order valence-corrected chi connectivity index (χ2v) is 7.70. The van der Waals surface area contributed by atoms with Gasteiger partial charge in [0, 0.05) is 12.1 Å². The number of amides is 2. The first-order valence-corrected chi connectivity index (χ1v) is 9.90. The zero-order valence-electron chi connectivity index (χ0n) is 17.1. The fourth-order valence-corrected chi connectivity index (χ4v) is 3.78. The Labute approximate surface area is 178 Å². The maximum Gasteiger partial charge on any atom is 0.254 e. The zero-order chi connectivity index (χ0) is 22.0. The number of nitrogens with two attached hydrogens (primary N) is 1. The van der Waals surface area contributed by atoms with Gasteiger partial charge in [-0.05, 0) is 49.4 Å². The lowest BCUT2D eigenvalue weighted by atomic mass is 9.97. The third-order valence-electron chi connectivity index (χ3n) is 5.19. The number of morpholine rings is 1. The maximum atomic E-state index is 13.2. The summed E-state index contributed by atoms with van der Waals surface area (Å²) in [6.45, 7) is 2.58. The first-order valence-electron chi connectivity index (χ1n) is 9.90. The van der Waals surface area contributed by atoms with E-state index in [9.17, 15) is 14.0 Å². The summed E-state index contributed by atoms with van der Waals surface area (Å²) in [5, 5.41) is 0. The minimum absolute atomic E-state index is 0.00979. The number of rotatable bonds is 6. The van der Waals surface area contributed by atoms with Gasteiger partial charge in [0.05, 0.1) is 30.6 Å². The van der Waals surface area contributed by atoms with Crippen LogP contribution in [-0.4, -0.2) is 58.6 Å². The summed E-state index contributed by atoms with van der Waals surface area (Å²) < 4.78 is 24.8. The number of carbonyl (C=O) groups excluding carboxylic acids is 2. The zero-order valence-corrected chi connectivity index (χ0v) is 17.1. The molecule has 1 aliphatic rings. The van der Waals surface area contributed by atoms with Gasteiger partial charge in [0.25, 0.3) is 5.91 Å². The average molecular weight is 426 g/mol. The van der Waals surface area contributed by atoms with Gasteiger partial charge in [0.15, 0.2) is 0 Å². The molecule has 3 N–H and O–H groups in total. The van der Waals surface area contributed by atoms with Gasteiger partial charge in [-0.3, -0.25) is 9.59 Å². The lowest BCUT2D eigenvalue weighted by Crippen LogP contribution is -2.58. The van der Waals surface area contributed by atoms with Gasteiger partial charge in [-0.2, -0.15) is 0 Å². The number of halogens is 1. The molecule has 2 amide bonds. The molecule has 31 heavy (non-hydrogen) atoms. The highest BCUT2D eigenvalue weighted by atomic mass is 19.1. The summed E-state index contributed by atoms with van der Waals surface area (Å²) in [4.78, 5) is 34.0. The Morgan fingerprint density at radius 3 is 2.81 bits per heavy atom. The lowest BCUT2D eigenvalue weighted by molar-refractivity contribution is -0.142. The SMILES string of the molecule is Cc1nc2ccc(C(=O)N3CCO[C@](COc4ccc(F)cc4)(CC(N)=O)C3)cc2[nH]1. The molecule has 0 spiro atoms. The van der Waals surface area contributed by atoms with Crippen molar-refractivity contribution in [1.29, 1.82) is 0 Å². The van der Waals surface area contributed by atoms with Gasteiger partial charge in [-0.25, -0.2) is 9.37 Å². The number of hydrogen-bond donors (Lipinski definition) is 2. The van der Waals surface area contributed by atoms with Crippen molar-refractivity contribution in [3.05, 3.63) is 59.7 Å². The molecule has 1 atom stereocenters. The molecule has 3 aromatic rings. The molecule has 0 aliphatic carbocycles. The van der Waals surface area contributed by atoms with Crippen LogP contribution in [0, 0.1) is 12.7 Å². The number of H-pyrrole nitrogens is 1. The summed E-state index contributed by atoms with van der Waals surface area (Å²) in [5.41, 5.74) is 6.43. The second-order valence-electron chi connectivity index (χ2n) is 7.70. The molecule has 1 aliphatic heterocycles. The minimum atomic E-state index is -1.09. The molecule has 1 fully saturated rings. The Bertz CT molecular complexity index is 1110. The Kier molecular flexibility index (Phi) is 5.60. The molecule has 8 nitrogen and oxygen atoms in total. The van der Waals surface area contributed by atoms with Crippen LogP contribution in [0.2, 0.25) is 0 Å². The number of hydrogen-bond acceptors (Lipinski definition) is 5. The number of aryl methyl sites for hydroxylation is 1. The minimum Gasteiger partial charge on any atom is -0.490 e. The van der Waals surface area contributed by atoms with Crippen molar-refractivity contribution < 1.29 is 23.5 Å². The van der Waals surface area contributed by atoms with E-state index in [0.717, 1.165) is 16.9 Å². The van der Waals surface area contributed by atoms with Crippen LogP contribution in [0.4, 0.5) is 4.39 Å². The molecular weight excluding hydrogens is 403 g/mol. The van der Waals surface area contributed by atoms with Crippen molar-refractivity contribution in [2.45, 2.75) is 18.9 Å². The molecule has 162 valence electrons. The normalized spacial score (nSPS) is 18.8. The van der Waals surface area contributed by atoms with Gasteiger partial charge in [-0.1, -0.05) is 0 Å². The molecule has 0 unspecified atom stereocenters. The second kappa shape index (κ2) is 8.35. The largest absolute Gasteiger partial charge is 0.490 e. The summed E-state index contributed by atoms with van der Waals surface area (Å²) in [6.07, 6.45) is -0.114. The Morgan fingerprint density at radius 2 is 2.06 bits per heavy atom. The number of ether oxygens (including phenoxy) is 2. The van der Waals surface area contributed by atoms with E-state index in [1.165, 1.54) is 24.3 Å². The van der Waals surface area contributed by atoms with E-state index >= 15 is 0 Å². The number of aromatic nitrogens is 2. The molecule has 0 radical (unpaired) electrons. The van der Waals surface area contributed by atoms with Crippen LogP contribution < -0.4 is 10.5 Å². The number of fused-ring (bicyclic) bond motifs is 1. The van der Waals surface area contributed by atoms with Crippen molar-refractivity contribution in [2.75, 3.05) is 26.3 Å². The van der Waals surface area contributed by atoms with E-state index in [4.69, 9.17) is 15.2 Å². The Morgan fingerprint density at radius 1 is 1.29 bits per heavy atom. The van der Waals surface area contributed by atoms with Crippen LogP contribution >= 0.6 is 0 Å². The summed E-state index contributed by atoms with van der Waals surface area (Å²) >= 11 is 0. The van der Waals surface area contributed by atoms with E-state index < -0.39 is 11.5 Å². The van der Waals surface area contributed by atoms with Gasteiger partial charge >= 0.3 is 0 Å². The molecule has 9 heteroatoms. The number of nitrogens with one attached hydrogen (secondary N) is 1. The summed E-state index contributed by atoms with van der Waals surface area (Å²) in [7, 11) is 0. The number of imidazole rings is 1. The van der Waals surface area contributed by atoms with E-state index in [1.807, 2.05) is 6.92 Å². The van der Waals surface area contributed by atoms with Crippen molar-refractivity contribution in [3.8, 4) is 5.75 Å². The predicted octanol–water partition coefficient (Wildman–Crippen LogP) is 2.18. The first-order chi connectivity index (χ1) is 14.8. The highest BCUT2D eigenvalue weighted by Crippen LogP contribution is 2.26. The third kappa shape index (κ3) is 4.66. The maximum absolute atomic E-state index is 13.2. The van der Waals surface area contributed by atoms with E-state index in [0.29, 0.717) is 17.9 Å². The van der Waals surface area contributed by atoms with Gasteiger partial charge in [0.2, 0.25) is 5.91 Å². The van der Waals surface area contributed by atoms with Crippen LogP contribution in [-0.2, 0) is 9.53 Å². The van der Waals surface area contributed by atoms with Gasteiger partial charge in [-0.15, -0.1) is 0 Å². The molecular formula is C22H23FN4O4. The number of carbonyl (C=O) groups is 2. The fourth-order valence-electron chi connectivity index (χ4n) is 3.78. The summed E-state index contributed by atoms with van der Waals surface area (Å²) in [5.74, 6) is 0.0653. The number of benzene rings is 2. The van der Waals surface area contributed by atoms with E-state index in [2.05, 4.69) is 9.97 Å². The van der Waals surface area contributed by atoms with Crippen molar-refractivity contribution in [1.82, 2.24) is 14.9 Å². The van der Waals surface area contributed by atoms with Crippen molar-refractivity contribution in [3.63, 3.8) is 0 Å².